The number of hydrogen-bond donors (Lipinski definition) is 2. The van der Waals surface area contributed by atoms with Gasteiger partial charge < -0.3 is 39.0 Å². The molecule has 2 N–H and O–H groups in total. The van der Waals surface area contributed by atoms with Crippen molar-refractivity contribution in [2.24, 2.45) is 11.8 Å². The van der Waals surface area contributed by atoms with E-state index in [1.54, 1.807) is 56.2 Å². The van der Waals surface area contributed by atoms with E-state index in [1.807, 2.05) is 30.3 Å². The SMILES string of the molecule is COc1ccc([C@@]23Oc4cc5c(c(OC)c4[C@@](O)(C2=O)[C@H](C(=O)N2CCC[C@H]2NC(=O)C(C)C)[C@H]3c2ccccc2)OCO5)cc1. The topological polar surface area (TPSA) is 133 Å². The molecule has 3 heterocycles. The van der Waals surface area contributed by atoms with E-state index < -0.39 is 40.9 Å². The maximum absolute atomic E-state index is 15.2. The van der Waals surface area contributed by atoms with Gasteiger partial charge in [0.1, 0.15) is 17.7 Å². The molecule has 3 aromatic carbocycles. The fourth-order valence-electron chi connectivity index (χ4n) is 7.53. The number of ketones is 1. The van der Waals surface area contributed by atoms with Gasteiger partial charge in [-0.05, 0) is 30.5 Å². The first-order chi connectivity index (χ1) is 22.2. The average molecular weight is 629 g/mol. The number of amides is 2. The number of carbonyl (C=O) groups is 3. The number of fused-ring (bicyclic) bond motifs is 5. The molecule has 0 aromatic heterocycles. The van der Waals surface area contributed by atoms with Crippen molar-refractivity contribution in [3.05, 3.63) is 77.4 Å². The van der Waals surface area contributed by atoms with Crippen LogP contribution in [0.2, 0.25) is 0 Å². The van der Waals surface area contributed by atoms with Gasteiger partial charge in [-0.2, -0.15) is 0 Å². The Balaban J connectivity index is 1.50. The smallest absolute Gasteiger partial charge is 0.231 e. The standard InChI is InChI=1S/C35H36N2O9/c1-19(2)31(38)36-25-11-8-16-37(25)32(39)28-26(20-9-6-5-7-10-20)35(21-12-14-22(42-3)15-13-21)33(40)34(28,41)27-23(46-35)17-24-29(30(27)43-4)45-18-44-24/h5-7,9-10,12-15,17,19,25-26,28,41H,8,11,16,18H2,1-4H3,(H,36,38)/t25-,26+,28-,34-,35-/m0/s1. The second kappa shape index (κ2) is 10.9. The highest BCUT2D eigenvalue weighted by Gasteiger charge is 2.77. The number of rotatable bonds is 7. The maximum atomic E-state index is 15.2. The number of nitrogens with one attached hydrogen (secondary N) is 1. The summed E-state index contributed by atoms with van der Waals surface area (Å²) in [7, 11) is 2.94. The minimum atomic E-state index is -2.42. The maximum Gasteiger partial charge on any atom is 0.231 e. The number of methoxy groups -OCH3 is 2. The molecule has 0 radical (unpaired) electrons. The summed E-state index contributed by atoms with van der Waals surface area (Å²) >= 11 is 0. The zero-order valence-corrected chi connectivity index (χ0v) is 26.1. The van der Waals surface area contributed by atoms with E-state index in [1.165, 1.54) is 7.11 Å². The van der Waals surface area contributed by atoms with E-state index in [9.17, 15) is 9.90 Å². The Bertz CT molecular complexity index is 1710. The molecule has 2 amide bonds. The number of nitrogens with zero attached hydrogens (tertiary/aromatic N) is 1. The molecule has 4 aliphatic rings. The van der Waals surface area contributed by atoms with E-state index >= 15 is 9.59 Å². The zero-order valence-electron chi connectivity index (χ0n) is 26.1. The summed E-state index contributed by atoms with van der Waals surface area (Å²) in [6.07, 6.45) is 0.578. The first-order valence-electron chi connectivity index (χ1n) is 15.4. The summed E-state index contributed by atoms with van der Waals surface area (Å²) in [5, 5.41) is 16.1. The van der Waals surface area contributed by atoms with Gasteiger partial charge in [-0.25, -0.2) is 0 Å². The molecule has 1 saturated heterocycles. The molecule has 240 valence electrons. The third-order valence-electron chi connectivity index (χ3n) is 9.66. The summed E-state index contributed by atoms with van der Waals surface area (Å²) in [6, 6.07) is 17.6. The van der Waals surface area contributed by atoms with E-state index in [0.717, 1.165) is 0 Å². The first kappa shape index (κ1) is 29.9. The molecule has 3 aliphatic heterocycles. The van der Waals surface area contributed by atoms with Crippen LogP contribution in [0.15, 0.2) is 60.7 Å². The van der Waals surface area contributed by atoms with Crippen LogP contribution in [0.5, 0.6) is 28.7 Å². The highest BCUT2D eigenvalue weighted by molar-refractivity contribution is 6.08. The second-order valence-electron chi connectivity index (χ2n) is 12.4. The van der Waals surface area contributed by atoms with Gasteiger partial charge in [0.2, 0.25) is 35.7 Å². The summed E-state index contributed by atoms with van der Waals surface area (Å²) in [6.45, 7) is 3.82. The van der Waals surface area contributed by atoms with Crippen molar-refractivity contribution in [3.8, 4) is 28.7 Å². The number of Topliss-reactive ketones (excluding diaryl/α,β-unsaturated/α-hetero) is 1. The molecule has 3 aromatic rings. The summed E-state index contributed by atoms with van der Waals surface area (Å²) in [5.41, 5.74) is -3.20. The summed E-state index contributed by atoms with van der Waals surface area (Å²) in [5.74, 6) is -2.75. The Labute approximate surface area is 266 Å². The van der Waals surface area contributed by atoms with Crippen molar-refractivity contribution >= 4 is 17.6 Å². The fourth-order valence-corrected chi connectivity index (χ4v) is 7.53. The minimum Gasteiger partial charge on any atom is -0.497 e. The van der Waals surface area contributed by atoms with Crippen LogP contribution in [0.1, 0.15) is 49.3 Å². The zero-order chi connectivity index (χ0) is 32.4. The van der Waals surface area contributed by atoms with Gasteiger partial charge >= 0.3 is 0 Å². The number of ether oxygens (including phenoxy) is 5. The normalized spacial score (nSPS) is 27.3. The Morgan fingerprint density at radius 1 is 1.02 bits per heavy atom. The predicted octanol–water partition coefficient (Wildman–Crippen LogP) is 3.61. The van der Waals surface area contributed by atoms with Gasteiger partial charge in [0, 0.05) is 24.1 Å². The first-order valence-corrected chi connectivity index (χ1v) is 15.4. The highest BCUT2D eigenvalue weighted by atomic mass is 16.7. The lowest BCUT2D eigenvalue weighted by atomic mass is 9.75. The van der Waals surface area contributed by atoms with Crippen LogP contribution in [-0.4, -0.2) is 61.3 Å². The van der Waals surface area contributed by atoms with E-state index in [2.05, 4.69) is 5.32 Å². The molecule has 0 unspecified atom stereocenters. The molecule has 11 heteroatoms. The second-order valence-corrected chi connectivity index (χ2v) is 12.4. The van der Waals surface area contributed by atoms with Crippen LogP contribution in [0, 0.1) is 11.8 Å². The fraction of sp³-hybridized carbons (Fsp3) is 0.400. The number of aliphatic hydroxyl groups is 1. The third-order valence-corrected chi connectivity index (χ3v) is 9.66. The number of likely N-dealkylation sites (tertiary alicyclic amines) is 1. The van der Waals surface area contributed by atoms with E-state index in [4.69, 9.17) is 23.7 Å². The molecule has 1 saturated carbocycles. The van der Waals surface area contributed by atoms with Gasteiger partial charge in [-0.1, -0.05) is 56.3 Å². The van der Waals surface area contributed by atoms with Crippen LogP contribution in [-0.2, 0) is 25.6 Å². The van der Waals surface area contributed by atoms with Crippen molar-refractivity contribution in [2.45, 2.75) is 50.0 Å². The lowest BCUT2D eigenvalue weighted by Gasteiger charge is -2.40. The van der Waals surface area contributed by atoms with Gasteiger partial charge in [0.25, 0.3) is 0 Å². The van der Waals surface area contributed by atoms with Crippen LogP contribution in [0.4, 0.5) is 0 Å². The summed E-state index contributed by atoms with van der Waals surface area (Å²) in [4.78, 5) is 44.7. The van der Waals surface area contributed by atoms with Gasteiger partial charge in [-0.15, -0.1) is 0 Å². The van der Waals surface area contributed by atoms with Gasteiger partial charge in [-0.3, -0.25) is 14.4 Å². The third kappa shape index (κ3) is 4.10. The molecule has 46 heavy (non-hydrogen) atoms. The number of benzene rings is 3. The Hall–Kier alpha value is -4.77. The van der Waals surface area contributed by atoms with E-state index in [0.29, 0.717) is 42.0 Å². The minimum absolute atomic E-state index is 0.00660. The molecule has 0 spiro atoms. The van der Waals surface area contributed by atoms with Crippen molar-refractivity contribution in [1.82, 2.24) is 10.2 Å². The lowest BCUT2D eigenvalue weighted by molar-refractivity contribution is -0.159. The van der Waals surface area contributed by atoms with Crippen molar-refractivity contribution < 1.29 is 43.2 Å². The largest absolute Gasteiger partial charge is 0.497 e. The molecular formula is C35H36N2O9. The van der Waals surface area contributed by atoms with Crippen LogP contribution in [0.25, 0.3) is 0 Å². The predicted molar refractivity (Wildman–Crippen MR) is 164 cm³/mol. The van der Waals surface area contributed by atoms with Crippen molar-refractivity contribution in [2.75, 3.05) is 27.6 Å². The van der Waals surface area contributed by atoms with Crippen LogP contribution < -0.4 is 29.0 Å². The van der Waals surface area contributed by atoms with Crippen molar-refractivity contribution in [3.63, 3.8) is 0 Å². The van der Waals surface area contributed by atoms with Gasteiger partial charge in [0.15, 0.2) is 17.1 Å². The Morgan fingerprint density at radius 2 is 1.76 bits per heavy atom. The average Bonchev–Trinajstić information content (AvgIpc) is 3.76. The number of carbonyl (C=O) groups excluding carboxylic acids is 3. The van der Waals surface area contributed by atoms with Crippen LogP contribution >= 0.6 is 0 Å². The molecule has 2 fully saturated rings. The molecular weight excluding hydrogens is 592 g/mol. The number of hydrogen-bond acceptors (Lipinski definition) is 9. The lowest BCUT2D eigenvalue weighted by Crippen LogP contribution is -2.54. The van der Waals surface area contributed by atoms with Crippen LogP contribution in [0.3, 0.4) is 0 Å². The van der Waals surface area contributed by atoms with E-state index in [-0.39, 0.29) is 41.4 Å². The summed E-state index contributed by atoms with van der Waals surface area (Å²) < 4.78 is 29.4. The molecule has 2 bridgehead atoms. The quantitative estimate of drug-likeness (QED) is 0.403. The monoisotopic (exact) mass is 628 g/mol. The van der Waals surface area contributed by atoms with Gasteiger partial charge in [0.05, 0.1) is 31.6 Å². The highest BCUT2D eigenvalue weighted by Crippen LogP contribution is 2.68. The molecule has 5 atom stereocenters. The Kier molecular flexibility index (Phi) is 7.11. The molecule has 1 aliphatic carbocycles. The Morgan fingerprint density at radius 3 is 2.43 bits per heavy atom. The van der Waals surface area contributed by atoms with Crippen molar-refractivity contribution in [1.29, 1.82) is 0 Å². The molecule has 7 rings (SSSR count). The molecule has 11 nitrogen and oxygen atoms in total.